The Labute approximate surface area is 99.6 Å². The van der Waals surface area contributed by atoms with Crippen LogP contribution < -0.4 is 0 Å². The Morgan fingerprint density at radius 1 is 1.41 bits per heavy atom. The molecule has 3 unspecified atom stereocenters. The van der Waals surface area contributed by atoms with E-state index in [1.807, 2.05) is 18.2 Å². The largest absolute Gasteiger partial charge is 0.481 e. The van der Waals surface area contributed by atoms with E-state index in [1.54, 1.807) is 6.92 Å². The number of allylic oxidation sites excluding steroid dienone is 4. The standard InChI is InChI=1S/C13H16O4/c1-13(12(16)17)7-9-5-3-2-4-8(9)6-10(13)11(14)15/h2-3,5,8,10H,4,6-7H2,1H3,(H,14,15)(H,16,17). The Bertz CT molecular complexity index is 421. The lowest BCUT2D eigenvalue weighted by Gasteiger charge is -2.41. The summed E-state index contributed by atoms with van der Waals surface area (Å²) in [6.07, 6.45) is 7.47. The van der Waals surface area contributed by atoms with Gasteiger partial charge >= 0.3 is 11.9 Å². The quantitative estimate of drug-likeness (QED) is 0.769. The van der Waals surface area contributed by atoms with E-state index >= 15 is 0 Å². The van der Waals surface area contributed by atoms with E-state index in [0.717, 1.165) is 12.0 Å². The molecule has 1 fully saturated rings. The minimum absolute atomic E-state index is 0.202. The smallest absolute Gasteiger partial charge is 0.310 e. The third-order valence-electron chi connectivity index (χ3n) is 4.04. The molecule has 4 heteroatoms. The van der Waals surface area contributed by atoms with Gasteiger partial charge in [-0.1, -0.05) is 23.8 Å². The van der Waals surface area contributed by atoms with Gasteiger partial charge in [-0.25, -0.2) is 0 Å². The van der Waals surface area contributed by atoms with E-state index in [1.165, 1.54) is 0 Å². The number of hydrogen-bond donors (Lipinski definition) is 2. The highest BCUT2D eigenvalue weighted by Crippen LogP contribution is 2.48. The van der Waals surface area contributed by atoms with Crippen LogP contribution in [0.5, 0.6) is 0 Å². The Kier molecular flexibility index (Phi) is 2.81. The van der Waals surface area contributed by atoms with Crippen LogP contribution in [0.3, 0.4) is 0 Å². The van der Waals surface area contributed by atoms with Gasteiger partial charge in [-0.15, -0.1) is 0 Å². The fourth-order valence-electron chi connectivity index (χ4n) is 2.86. The van der Waals surface area contributed by atoms with E-state index in [4.69, 9.17) is 0 Å². The first-order valence-corrected chi connectivity index (χ1v) is 5.77. The number of carboxylic acid groups (broad SMARTS) is 2. The normalized spacial score (nSPS) is 35.9. The van der Waals surface area contributed by atoms with Crippen molar-refractivity contribution < 1.29 is 19.8 Å². The van der Waals surface area contributed by atoms with Gasteiger partial charge in [0.2, 0.25) is 0 Å². The molecule has 2 aliphatic carbocycles. The van der Waals surface area contributed by atoms with Crippen LogP contribution in [0.1, 0.15) is 26.2 Å². The summed E-state index contributed by atoms with van der Waals surface area (Å²) in [6, 6.07) is 0. The molecule has 4 nitrogen and oxygen atoms in total. The lowest BCUT2D eigenvalue weighted by atomic mass is 9.61. The van der Waals surface area contributed by atoms with Crippen molar-refractivity contribution in [3.8, 4) is 0 Å². The highest BCUT2D eigenvalue weighted by Gasteiger charge is 2.50. The maximum Gasteiger partial charge on any atom is 0.310 e. The molecule has 0 bridgehead atoms. The summed E-state index contributed by atoms with van der Waals surface area (Å²) >= 11 is 0. The second-order valence-electron chi connectivity index (χ2n) is 5.13. The van der Waals surface area contributed by atoms with Gasteiger partial charge in [0, 0.05) is 0 Å². The number of carboxylic acids is 2. The van der Waals surface area contributed by atoms with Crippen LogP contribution >= 0.6 is 0 Å². The molecular weight excluding hydrogens is 220 g/mol. The number of fused-ring (bicyclic) bond motifs is 1. The molecule has 0 aliphatic heterocycles. The van der Waals surface area contributed by atoms with Crippen LogP contribution in [0, 0.1) is 17.3 Å². The van der Waals surface area contributed by atoms with Crippen molar-refractivity contribution in [3.63, 3.8) is 0 Å². The van der Waals surface area contributed by atoms with E-state index < -0.39 is 23.3 Å². The Morgan fingerprint density at radius 3 is 2.71 bits per heavy atom. The number of carbonyl (C=O) groups is 2. The van der Waals surface area contributed by atoms with Crippen LogP contribution in [-0.2, 0) is 9.59 Å². The zero-order valence-corrected chi connectivity index (χ0v) is 9.72. The van der Waals surface area contributed by atoms with Gasteiger partial charge in [-0.2, -0.15) is 0 Å². The van der Waals surface area contributed by atoms with E-state index in [0.29, 0.717) is 12.8 Å². The molecule has 2 N–H and O–H groups in total. The van der Waals surface area contributed by atoms with Crippen molar-refractivity contribution >= 4 is 11.9 Å². The van der Waals surface area contributed by atoms with Crippen LogP contribution in [0.25, 0.3) is 0 Å². The van der Waals surface area contributed by atoms with Crippen LogP contribution in [0.2, 0.25) is 0 Å². The first-order chi connectivity index (χ1) is 7.95. The molecule has 92 valence electrons. The Morgan fingerprint density at radius 2 is 2.12 bits per heavy atom. The van der Waals surface area contributed by atoms with E-state index in [9.17, 15) is 19.8 Å². The van der Waals surface area contributed by atoms with Crippen molar-refractivity contribution in [1.82, 2.24) is 0 Å². The van der Waals surface area contributed by atoms with Gasteiger partial charge in [-0.05, 0) is 32.1 Å². The predicted octanol–water partition coefficient (Wildman–Crippen LogP) is 2.07. The van der Waals surface area contributed by atoms with Gasteiger partial charge in [0.05, 0.1) is 11.3 Å². The van der Waals surface area contributed by atoms with E-state index in [2.05, 4.69) is 0 Å². The molecule has 0 saturated heterocycles. The molecular formula is C13H16O4. The summed E-state index contributed by atoms with van der Waals surface area (Å²) in [5.74, 6) is -2.61. The molecule has 0 aromatic carbocycles. The summed E-state index contributed by atoms with van der Waals surface area (Å²) in [5.41, 5.74) is -0.103. The monoisotopic (exact) mass is 236 g/mol. The van der Waals surface area contributed by atoms with Gasteiger partial charge in [0.1, 0.15) is 0 Å². The summed E-state index contributed by atoms with van der Waals surface area (Å²) in [4.78, 5) is 22.6. The molecule has 2 rings (SSSR count). The average molecular weight is 236 g/mol. The Balaban J connectivity index is 2.36. The summed E-state index contributed by atoms with van der Waals surface area (Å²) < 4.78 is 0. The summed E-state index contributed by atoms with van der Waals surface area (Å²) in [6.45, 7) is 1.55. The van der Waals surface area contributed by atoms with Crippen molar-refractivity contribution in [1.29, 1.82) is 0 Å². The van der Waals surface area contributed by atoms with E-state index in [-0.39, 0.29) is 5.92 Å². The van der Waals surface area contributed by atoms with Crippen molar-refractivity contribution in [2.75, 3.05) is 0 Å². The predicted molar refractivity (Wildman–Crippen MR) is 61.4 cm³/mol. The van der Waals surface area contributed by atoms with Gasteiger partial charge in [-0.3, -0.25) is 9.59 Å². The minimum Gasteiger partial charge on any atom is -0.481 e. The van der Waals surface area contributed by atoms with Crippen LogP contribution in [-0.4, -0.2) is 22.2 Å². The fraction of sp³-hybridized carbons (Fsp3) is 0.538. The zero-order valence-electron chi connectivity index (χ0n) is 9.72. The maximum atomic E-state index is 11.4. The first-order valence-electron chi connectivity index (χ1n) is 5.77. The summed E-state index contributed by atoms with van der Waals surface area (Å²) in [7, 11) is 0. The second kappa shape index (κ2) is 4.02. The molecule has 0 aromatic heterocycles. The SMILES string of the molecule is CC1(C(=O)O)CC2=CC=CCC2CC1C(=O)O. The molecule has 17 heavy (non-hydrogen) atoms. The zero-order chi connectivity index (χ0) is 12.6. The summed E-state index contributed by atoms with van der Waals surface area (Å²) in [5, 5.41) is 18.5. The van der Waals surface area contributed by atoms with Gasteiger partial charge < -0.3 is 10.2 Å². The average Bonchev–Trinajstić information content (AvgIpc) is 2.27. The molecule has 0 aromatic rings. The highest BCUT2D eigenvalue weighted by molar-refractivity contribution is 5.84. The fourth-order valence-corrected chi connectivity index (χ4v) is 2.86. The van der Waals surface area contributed by atoms with Crippen molar-refractivity contribution in [2.45, 2.75) is 26.2 Å². The second-order valence-corrected chi connectivity index (χ2v) is 5.13. The lowest BCUT2D eigenvalue weighted by molar-refractivity contribution is -0.163. The lowest BCUT2D eigenvalue weighted by Crippen LogP contribution is -2.45. The number of aliphatic carboxylic acids is 2. The third kappa shape index (κ3) is 1.88. The molecule has 0 amide bonds. The molecule has 0 heterocycles. The van der Waals surface area contributed by atoms with Gasteiger partial charge in [0.25, 0.3) is 0 Å². The molecule has 0 radical (unpaired) electrons. The van der Waals surface area contributed by atoms with Crippen molar-refractivity contribution in [3.05, 3.63) is 23.8 Å². The number of hydrogen-bond acceptors (Lipinski definition) is 2. The van der Waals surface area contributed by atoms with Crippen molar-refractivity contribution in [2.24, 2.45) is 17.3 Å². The molecule has 2 aliphatic rings. The highest BCUT2D eigenvalue weighted by atomic mass is 16.4. The van der Waals surface area contributed by atoms with Crippen LogP contribution in [0.15, 0.2) is 23.8 Å². The number of rotatable bonds is 2. The molecule has 1 saturated carbocycles. The maximum absolute atomic E-state index is 11.4. The first kappa shape index (κ1) is 11.9. The van der Waals surface area contributed by atoms with Gasteiger partial charge in [0.15, 0.2) is 0 Å². The minimum atomic E-state index is -1.18. The third-order valence-corrected chi connectivity index (χ3v) is 4.04. The molecule has 0 spiro atoms. The molecule has 3 atom stereocenters. The Hall–Kier alpha value is -1.58. The topological polar surface area (TPSA) is 74.6 Å². The van der Waals surface area contributed by atoms with Crippen LogP contribution in [0.4, 0.5) is 0 Å².